The van der Waals surface area contributed by atoms with E-state index in [4.69, 9.17) is 0 Å². The maximum atomic E-state index is 13.5. The number of likely N-dealkylation sites (tertiary alicyclic amines) is 1. The quantitative estimate of drug-likeness (QED) is 0.658. The van der Waals surface area contributed by atoms with E-state index in [9.17, 15) is 4.39 Å². The van der Waals surface area contributed by atoms with E-state index < -0.39 is 0 Å². The molecule has 5 heteroatoms. The van der Waals surface area contributed by atoms with Crippen molar-refractivity contribution in [1.29, 1.82) is 0 Å². The van der Waals surface area contributed by atoms with Crippen molar-refractivity contribution in [2.45, 2.75) is 32.4 Å². The lowest BCUT2D eigenvalue weighted by Crippen LogP contribution is -2.43. The first-order chi connectivity index (χ1) is 10.1. The van der Waals surface area contributed by atoms with E-state index in [1.54, 1.807) is 26.1 Å². The summed E-state index contributed by atoms with van der Waals surface area (Å²) in [5, 5.41) is 6.57. The Morgan fingerprint density at radius 3 is 2.86 bits per heavy atom. The summed E-state index contributed by atoms with van der Waals surface area (Å²) in [4.78, 5) is 6.58. The molecule has 4 nitrogen and oxygen atoms in total. The number of guanidine groups is 1. The molecular formula is C16H25FN4. The topological polar surface area (TPSA) is 39.7 Å². The molecule has 1 aliphatic rings. The van der Waals surface area contributed by atoms with E-state index in [-0.39, 0.29) is 5.82 Å². The molecule has 1 aromatic rings. The number of halogens is 1. The van der Waals surface area contributed by atoms with Crippen LogP contribution < -0.4 is 10.6 Å². The summed E-state index contributed by atoms with van der Waals surface area (Å²) in [6.45, 7) is 4.39. The third-order valence-corrected chi connectivity index (χ3v) is 4.10. The Labute approximate surface area is 126 Å². The van der Waals surface area contributed by atoms with Crippen molar-refractivity contribution in [2.75, 3.05) is 27.2 Å². The summed E-state index contributed by atoms with van der Waals surface area (Å²) in [6, 6.07) is 5.88. The smallest absolute Gasteiger partial charge is 0.191 e. The lowest BCUT2D eigenvalue weighted by atomic mass is 10.1. The number of hydrogen-bond donors (Lipinski definition) is 2. The predicted molar refractivity (Wildman–Crippen MR) is 85.0 cm³/mol. The van der Waals surface area contributed by atoms with Crippen LogP contribution in [0.3, 0.4) is 0 Å². The fourth-order valence-corrected chi connectivity index (χ4v) is 2.60. The average molecular weight is 292 g/mol. The molecule has 0 aromatic heterocycles. The van der Waals surface area contributed by atoms with Gasteiger partial charge < -0.3 is 15.5 Å². The summed E-state index contributed by atoms with van der Waals surface area (Å²) in [5.41, 5.74) is 1.59. The first-order valence-electron chi connectivity index (χ1n) is 7.50. The average Bonchev–Trinajstić information content (AvgIpc) is 2.88. The highest BCUT2D eigenvalue weighted by molar-refractivity contribution is 5.79. The first-order valence-corrected chi connectivity index (χ1v) is 7.50. The van der Waals surface area contributed by atoms with Gasteiger partial charge in [0.05, 0.1) is 0 Å². The molecule has 21 heavy (non-hydrogen) atoms. The Balaban J connectivity index is 1.81. The Hall–Kier alpha value is -1.62. The first kappa shape index (κ1) is 15.8. The van der Waals surface area contributed by atoms with Gasteiger partial charge in [0.15, 0.2) is 5.96 Å². The van der Waals surface area contributed by atoms with Crippen molar-refractivity contribution >= 4 is 5.96 Å². The molecule has 1 unspecified atom stereocenters. The van der Waals surface area contributed by atoms with Gasteiger partial charge in [0.1, 0.15) is 5.82 Å². The lowest BCUT2D eigenvalue weighted by molar-refractivity contribution is 0.309. The molecule has 0 spiro atoms. The molecule has 2 N–H and O–H groups in total. The fourth-order valence-electron chi connectivity index (χ4n) is 2.60. The maximum Gasteiger partial charge on any atom is 0.191 e. The SMILES string of the molecule is CN=C(NCc1ccc(C)c(F)c1)NCC1CCCN1C. The molecule has 1 atom stereocenters. The molecule has 0 bridgehead atoms. The van der Waals surface area contributed by atoms with Crippen LogP contribution in [0.4, 0.5) is 4.39 Å². The Morgan fingerprint density at radius 1 is 1.43 bits per heavy atom. The zero-order chi connectivity index (χ0) is 15.2. The number of rotatable bonds is 4. The van der Waals surface area contributed by atoms with Crippen LogP contribution in [0.5, 0.6) is 0 Å². The minimum Gasteiger partial charge on any atom is -0.355 e. The molecule has 1 aromatic carbocycles. The largest absolute Gasteiger partial charge is 0.355 e. The van der Waals surface area contributed by atoms with Crippen molar-refractivity contribution in [3.63, 3.8) is 0 Å². The minimum atomic E-state index is -0.162. The van der Waals surface area contributed by atoms with Gasteiger partial charge in [0.25, 0.3) is 0 Å². The molecule has 0 saturated carbocycles. The number of aliphatic imine (C=N–C) groups is 1. The zero-order valence-corrected chi connectivity index (χ0v) is 13.1. The van der Waals surface area contributed by atoms with Gasteiger partial charge in [0.2, 0.25) is 0 Å². The maximum absolute atomic E-state index is 13.5. The van der Waals surface area contributed by atoms with E-state index in [2.05, 4.69) is 27.6 Å². The van der Waals surface area contributed by atoms with Crippen LogP contribution >= 0.6 is 0 Å². The molecule has 2 rings (SSSR count). The standard InChI is InChI=1S/C16H25FN4/c1-12-6-7-13(9-15(12)17)10-19-16(18-2)20-11-14-5-4-8-21(14)3/h6-7,9,14H,4-5,8,10-11H2,1-3H3,(H2,18,19,20). The summed E-state index contributed by atoms with van der Waals surface area (Å²) in [6.07, 6.45) is 2.49. The van der Waals surface area contributed by atoms with Crippen LogP contribution in [0, 0.1) is 12.7 Å². The molecule has 1 saturated heterocycles. The molecular weight excluding hydrogens is 267 g/mol. The second kappa shape index (κ2) is 7.41. The van der Waals surface area contributed by atoms with Crippen molar-refractivity contribution < 1.29 is 4.39 Å². The highest BCUT2D eigenvalue weighted by Gasteiger charge is 2.20. The van der Waals surface area contributed by atoms with Crippen LogP contribution in [-0.4, -0.2) is 44.1 Å². The van der Waals surface area contributed by atoms with E-state index >= 15 is 0 Å². The Bertz CT molecular complexity index is 501. The lowest BCUT2D eigenvalue weighted by Gasteiger charge is -2.21. The van der Waals surface area contributed by atoms with Gasteiger partial charge in [0, 0.05) is 26.2 Å². The molecule has 1 fully saturated rings. The third kappa shape index (κ3) is 4.43. The highest BCUT2D eigenvalue weighted by Crippen LogP contribution is 2.13. The molecule has 0 amide bonds. The number of hydrogen-bond acceptors (Lipinski definition) is 2. The molecule has 1 heterocycles. The van der Waals surface area contributed by atoms with Gasteiger partial charge in [-0.25, -0.2) is 4.39 Å². The van der Waals surface area contributed by atoms with Crippen LogP contribution in [0.1, 0.15) is 24.0 Å². The summed E-state index contributed by atoms with van der Waals surface area (Å²) >= 11 is 0. The predicted octanol–water partition coefficient (Wildman–Crippen LogP) is 1.89. The molecule has 0 radical (unpaired) electrons. The number of benzene rings is 1. The summed E-state index contributed by atoms with van der Waals surface area (Å²) < 4.78 is 13.5. The van der Waals surface area contributed by atoms with Crippen molar-refractivity contribution in [2.24, 2.45) is 4.99 Å². The van der Waals surface area contributed by atoms with Crippen LogP contribution in [0.25, 0.3) is 0 Å². The number of aryl methyl sites for hydroxylation is 1. The molecule has 0 aliphatic carbocycles. The van der Waals surface area contributed by atoms with Crippen LogP contribution in [0.15, 0.2) is 23.2 Å². The van der Waals surface area contributed by atoms with Crippen molar-refractivity contribution in [1.82, 2.24) is 15.5 Å². The Kier molecular flexibility index (Phi) is 5.56. The normalized spacial score (nSPS) is 19.8. The minimum absolute atomic E-state index is 0.162. The Morgan fingerprint density at radius 2 is 2.24 bits per heavy atom. The number of nitrogens with zero attached hydrogens (tertiary/aromatic N) is 2. The number of nitrogens with one attached hydrogen (secondary N) is 2. The third-order valence-electron chi connectivity index (χ3n) is 4.10. The van der Waals surface area contributed by atoms with Gasteiger partial charge in [-0.2, -0.15) is 0 Å². The second-order valence-corrected chi connectivity index (χ2v) is 5.67. The zero-order valence-electron chi connectivity index (χ0n) is 13.1. The van der Waals surface area contributed by atoms with Gasteiger partial charge in [-0.15, -0.1) is 0 Å². The molecule has 116 valence electrons. The van der Waals surface area contributed by atoms with E-state index in [1.807, 2.05) is 6.07 Å². The molecule has 1 aliphatic heterocycles. The van der Waals surface area contributed by atoms with Gasteiger partial charge in [-0.05, 0) is 50.6 Å². The van der Waals surface area contributed by atoms with Crippen LogP contribution in [0.2, 0.25) is 0 Å². The summed E-state index contributed by atoms with van der Waals surface area (Å²) in [5.74, 6) is 0.598. The van der Waals surface area contributed by atoms with Crippen LogP contribution in [-0.2, 0) is 6.54 Å². The second-order valence-electron chi connectivity index (χ2n) is 5.67. The number of likely N-dealkylation sites (N-methyl/N-ethyl adjacent to an activating group) is 1. The van der Waals surface area contributed by atoms with Gasteiger partial charge in [-0.3, -0.25) is 4.99 Å². The van der Waals surface area contributed by atoms with Gasteiger partial charge in [-0.1, -0.05) is 12.1 Å². The van der Waals surface area contributed by atoms with Crippen molar-refractivity contribution in [3.05, 3.63) is 35.1 Å². The summed E-state index contributed by atoms with van der Waals surface area (Å²) in [7, 11) is 3.91. The fraction of sp³-hybridized carbons (Fsp3) is 0.562. The van der Waals surface area contributed by atoms with E-state index in [1.165, 1.54) is 19.4 Å². The van der Waals surface area contributed by atoms with E-state index in [0.717, 1.165) is 18.1 Å². The van der Waals surface area contributed by atoms with Gasteiger partial charge >= 0.3 is 0 Å². The highest BCUT2D eigenvalue weighted by atomic mass is 19.1. The van der Waals surface area contributed by atoms with E-state index in [0.29, 0.717) is 18.2 Å². The monoisotopic (exact) mass is 292 g/mol. The van der Waals surface area contributed by atoms with Crippen molar-refractivity contribution in [3.8, 4) is 0 Å².